The summed E-state index contributed by atoms with van der Waals surface area (Å²) in [4.78, 5) is 59.6. The van der Waals surface area contributed by atoms with Gasteiger partial charge in [0.15, 0.2) is 12.0 Å². The third-order valence-electron chi connectivity index (χ3n) is 8.92. The van der Waals surface area contributed by atoms with Gasteiger partial charge in [0.1, 0.15) is 0 Å². The molecule has 1 aliphatic heterocycles. The summed E-state index contributed by atoms with van der Waals surface area (Å²) >= 11 is 1.31. The first kappa shape index (κ1) is 30.3. The minimum atomic E-state index is -1.00. The van der Waals surface area contributed by atoms with Crippen LogP contribution in [0.3, 0.4) is 0 Å². The van der Waals surface area contributed by atoms with E-state index in [1.165, 1.54) is 37.7 Å². The Morgan fingerprint density at radius 3 is 2.40 bits per heavy atom. The number of thiophene rings is 1. The van der Waals surface area contributed by atoms with E-state index in [2.05, 4.69) is 20.9 Å². The van der Waals surface area contributed by atoms with Crippen molar-refractivity contribution in [2.24, 2.45) is 22.7 Å². The van der Waals surface area contributed by atoms with E-state index in [4.69, 9.17) is 9.47 Å². The summed E-state index contributed by atoms with van der Waals surface area (Å²) < 4.78 is 10.9. The zero-order chi connectivity index (χ0) is 29.9. The molecule has 230 valence electrons. The molecule has 4 saturated carbocycles. The molecule has 4 fully saturated rings. The van der Waals surface area contributed by atoms with Gasteiger partial charge in [-0.15, -0.1) is 11.3 Å². The van der Waals surface area contributed by atoms with E-state index in [1.807, 2.05) is 6.07 Å². The normalized spacial score (nSPS) is 26.6. The van der Waals surface area contributed by atoms with Crippen LogP contribution in [0.25, 0.3) is 0 Å². The first-order valence-electron chi connectivity index (χ1n) is 15.2. The summed E-state index contributed by atoms with van der Waals surface area (Å²) in [7, 11) is 1.34. The number of carbonyl (C=O) groups excluding carboxylic acids is 4. The molecule has 12 heteroatoms. The maximum Gasteiger partial charge on any atom is 0.410 e. The Morgan fingerprint density at radius 1 is 1.12 bits per heavy atom. The Labute approximate surface area is 251 Å². The van der Waals surface area contributed by atoms with Crippen molar-refractivity contribution in [1.29, 1.82) is 0 Å². The number of ether oxygens (including phenoxy) is 2. The molecule has 11 nitrogen and oxygen atoms in total. The summed E-state index contributed by atoms with van der Waals surface area (Å²) in [5.74, 6) is 1.12. The third-order valence-corrected chi connectivity index (χ3v) is 10.1. The third kappa shape index (κ3) is 6.90. The van der Waals surface area contributed by atoms with Crippen LogP contribution in [0.15, 0.2) is 17.1 Å². The molecule has 6 rings (SSSR count). The van der Waals surface area contributed by atoms with Gasteiger partial charge in [-0.25, -0.2) is 9.59 Å². The van der Waals surface area contributed by atoms with E-state index in [0.717, 1.165) is 37.1 Å². The first-order valence-corrected chi connectivity index (χ1v) is 16.0. The van der Waals surface area contributed by atoms with Crippen molar-refractivity contribution in [2.45, 2.75) is 89.3 Å². The number of nitrogens with one attached hydrogen (secondary N) is 3. The maximum atomic E-state index is 13.5. The van der Waals surface area contributed by atoms with E-state index < -0.39 is 23.6 Å². The maximum absolute atomic E-state index is 13.5. The predicted octanol–water partition coefficient (Wildman–Crippen LogP) is 3.23. The minimum Gasteiger partial charge on any atom is -0.461 e. The fraction of sp³-hybridized carbons (Fsp3) is 0.700. The van der Waals surface area contributed by atoms with Crippen molar-refractivity contribution in [3.63, 3.8) is 0 Å². The molecule has 3 N–H and O–H groups in total. The van der Waals surface area contributed by atoms with Crippen molar-refractivity contribution in [3.8, 4) is 0 Å². The van der Waals surface area contributed by atoms with E-state index in [1.54, 1.807) is 24.8 Å². The van der Waals surface area contributed by atoms with Gasteiger partial charge in [0, 0.05) is 36.5 Å². The molecule has 2 heterocycles. The van der Waals surface area contributed by atoms with Gasteiger partial charge in [0.05, 0.1) is 18.1 Å². The molecule has 3 amide bonds. The van der Waals surface area contributed by atoms with Gasteiger partial charge >= 0.3 is 12.1 Å². The van der Waals surface area contributed by atoms with Crippen LogP contribution < -0.4 is 16.0 Å². The number of rotatable bonds is 10. The van der Waals surface area contributed by atoms with Crippen LogP contribution in [-0.4, -0.2) is 79.2 Å². The molecule has 0 saturated heterocycles. The predicted molar refractivity (Wildman–Crippen MR) is 158 cm³/mol. The summed E-state index contributed by atoms with van der Waals surface area (Å²) in [5, 5.41) is 8.75. The average molecular weight is 602 g/mol. The second-order valence-electron chi connectivity index (χ2n) is 12.5. The number of esters is 1. The van der Waals surface area contributed by atoms with Gasteiger partial charge in [-0.1, -0.05) is 0 Å². The summed E-state index contributed by atoms with van der Waals surface area (Å²) in [6.07, 6.45) is 6.86. The topological polar surface area (TPSA) is 138 Å². The van der Waals surface area contributed by atoms with Crippen LogP contribution in [0.4, 0.5) is 4.79 Å². The van der Waals surface area contributed by atoms with Crippen molar-refractivity contribution in [3.05, 3.63) is 21.9 Å². The molecule has 0 radical (unpaired) electrons. The van der Waals surface area contributed by atoms with Crippen LogP contribution in [-0.2, 0) is 25.5 Å². The van der Waals surface area contributed by atoms with Crippen LogP contribution >= 0.6 is 11.3 Å². The molecule has 42 heavy (non-hydrogen) atoms. The molecule has 1 aromatic heterocycles. The molecule has 4 bridgehead atoms. The molecular formula is C30H43N5O6S. The van der Waals surface area contributed by atoms with Crippen molar-refractivity contribution in [1.82, 2.24) is 20.9 Å². The van der Waals surface area contributed by atoms with Gasteiger partial charge in [-0.3, -0.25) is 24.8 Å². The van der Waals surface area contributed by atoms with Gasteiger partial charge < -0.3 is 20.1 Å². The zero-order valence-corrected chi connectivity index (χ0v) is 25.6. The Kier molecular flexibility index (Phi) is 9.39. The van der Waals surface area contributed by atoms with Crippen LogP contribution in [0.2, 0.25) is 0 Å². The Morgan fingerprint density at radius 2 is 1.81 bits per heavy atom. The highest BCUT2D eigenvalue weighted by molar-refractivity contribution is 7.14. The van der Waals surface area contributed by atoms with E-state index in [0.29, 0.717) is 41.6 Å². The molecule has 0 spiro atoms. The van der Waals surface area contributed by atoms with Crippen LogP contribution in [0, 0.1) is 17.8 Å². The lowest BCUT2D eigenvalue weighted by molar-refractivity contribution is -0.161. The summed E-state index contributed by atoms with van der Waals surface area (Å²) in [6.45, 7) is 4.95. The number of guanidine groups is 1. The fourth-order valence-electron chi connectivity index (χ4n) is 7.66. The number of methoxy groups -OCH3 is 1. The lowest BCUT2D eigenvalue weighted by atomic mass is 9.52. The van der Waals surface area contributed by atoms with Gasteiger partial charge in [0.25, 0.3) is 5.91 Å². The number of aliphatic imine (C=N–C) groups is 1. The number of aryl methyl sites for hydroxylation is 1. The van der Waals surface area contributed by atoms with E-state index in [9.17, 15) is 19.2 Å². The van der Waals surface area contributed by atoms with Crippen molar-refractivity contribution >= 4 is 41.2 Å². The molecular weight excluding hydrogens is 558 g/mol. The number of hydrogen-bond acceptors (Lipinski definition) is 9. The largest absolute Gasteiger partial charge is 0.461 e. The second kappa shape index (κ2) is 13.0. The summed E-state index contributed by atoms with van der Waals surface area (Å²) in [5.41, 5.74) is -0.470. The second-order valence-corrected chi connectivity index (χ2v) is 13.7. The first-order chi connectivity index (χ1) is 20.2. The number of amides is 3. The summed E-state index contributed by atoms with van der Waals surface area (Å²) in [6, 6.07) is 2.56. The highest BCUT2D eigenvalue weighted by Crippen LogP contribution is 2.58. The molecule has 1 aromatic rings. The van der Waals surface area contributed by atoms with Crippen molar-refractivity contribution < 1.29 is 28.7 Å². The molecule has 0 unspecified atom stereocenters. The number of hydrogen-bond donors (Lipinski definition) is 3. The number of carbonyl (C=O) groups is 4. The minimum absolute atomic E-state index is 0.0774. The lowest BCUT2D eigenvalue weighted by Crippen LogP contribution is -2.67. The lowest BCUT2D eigenvalue weighted by Gasteiger charge is -2.60. The SMILES string of the molecule is COC(=O)N([C@@H](CNC(=O)c1ccc(CCC(=O)NC2=NCCCN2)s1)C(=O)OC(C)C)C12CC3CC(CC(C3)C1)C2. The Balaban J connectivity index is 1.25. The monoisotopic (exact) mass is 601 g/mol. The molecule has 5 aliphatic rings. The van der Waals surface area contributed by atoms with Crippen LogP contribution in [0.1, 0.15) is 79.8 Å². The molecule has 0 aromatic carbocycles. The van der Waals surface area contributed by atoms with Gasteiger partial charge in [-0.2, -0.15) is 0 Å². The molecule has 1 atom stereocenters. The number of nitrogens with zero attached hydrogens (tertiary/aromatic N) is 2. The Bertz CT molecular complexity index is 1180. The van der Waals surface area contributed by atoms with Gasteiger partial charge in [-0.05, 0) is 95.1 Å². The van der Waals surface area contributed by atoms with Crippen LogP contribution in [0.5, 0.6) is 0 Å². The zero-order valence-electron chi connectivity index (χ0n) is 24.8. The standard InChI is InChI=1S/C30H43N5O6S/c1-18(2)41-27(38)23(35(29(39)40-3)30-14-19-11-20(15-30)13-21(12-19)16-30)17-33-26(37)24-7-5-22(42-24)6-8-25(36)34-28-31-9-4-10-32-28/h5,7,18-21,23H,4,6,8-17H2,1-3H3,(H,33,37)(H2,31,32,34,36)/t19?,20?,21?,23-,30?/m0/s1. The Hall–Kier alpha value is -3.15. The molecule has 4 aliphatic carbocycles. The van der Waals surface area contributed by atoms with E-state index >= 15 is 0 Å². The van der Waals surface area contributed by atoms with Crippen molar-refractivity contribution in [2.75, 3.05) is 26.7 Å². The highest BCUT2D eigenvalue weighted by Gasteiger charge is 2.57. The van der Waals surface area contributed by atoms with Gasteiger partial charge in [0.2, 0.25) is 5.91 Å². The highest BCUT2D eigenvalue weighted by atomic mass is 32.1. The quantitative estimate of drug-likeness (QED) is 0.350. The van der Waals surface area contributed by atoms with E-state index in [-0.39, 0.29) is 30.9 Å². The fourth-order valence-corrected chi connectivity index (χ4v) is 8.58. The average Bonchev–Trinajstić information content (AvgIpc) is 3.42. The smallest absolute Gasteiger partial charge is 0.410 e.